The average Bonchev–Trinajstić information content (AvgIpc) is 2.76. The number of hydrogen-bond donors (Lipinski definition) is 0. The number of esters is 1. The number of nitrogens with zero attached hydrogens (tertiary/aromatic N) is 1. The van der Waals surface area contributed by atoms with Crippen LogP contribution in [0, 0.1) is 0 Å². The molecule has 30 heavy (non-hydrogen) atoms. The Morgan fingerprint density at radius 3 is 2.30 bits per heavy atom. The molecule has 0 bridgehead atoms. The van der Waals surface area contributed by atoms with Gasteiger partial charge in [-0.05, 0) is 50.8 Å². The fraction of sp³-hybridized carbons (Fsp3) is 0.360. The molecule has 1 saturated heterocycles. The van der Waals surface area contributed by atoms with Gasteiger partial charge in [-0.2, -0.15) is 0 Å². The first-order valence-electron chi connectivity index (χ1n) is 10.4. The molecular weight excluding hydrogens is 378 g/mol. The molecule has 2 unspecified atom stereocenters. The quantitative estimate of drug-likeness (QED) is 0.400. The molecule has 0 saturated carbocycles. The predicted octanol–water partition coefficient (Wildman–Crippen LogP) is 4.57. The molecule has 3 rings (SSSR count). The molecular formula is C25H29NO4. The van der Waals surface area contributed by atoms with Crippen molar-refractivity contribution in [3.8, 4) is 5.75 Å². The molecule has 0 spiro atoms. The molecule has 2 aromatic rings. The summed E-state index contributed by atoms with van der Waals surface area (Å²) in [5.74, 6) is -0.0173. The first kappa shape index (κ1) is 21.6. The zero-order valence-electron chi connectivity index (χ0n) is 17.8. The molecule has 1 amide bonds. The summed E-state index contributed by atoms with van der Waals surface area (Å²) in [6.07, 6.45) is 4.82. The summed E-state index contributed by atoms with van der Waals surface area (Å²) in [4.78, 5) is 27.6. The highest BCUT2D eigenvalue weighted by Gasteiger charge is 2.29. The highest BCUT2D eigenvalue weighted by molar-refractivity contribution is 6.22. The van der Waals surface area contributed by atoms with Crippen LogP contribution in [0.25, 0.3) is 11.6 Å². The summed E-state index contributed by atoms with van der Waals surface area (Å²) in [5, 5.41) is 0. The van der Waals surface area contributed by atoms with Gasteiger partial charge in [-0.1, -0.05) is 48.5 Å². The number of likely N-dealkylation sites (tertiary alicyclic amines) is 1. The van der Waals surface area contributed by atoms with Gasteiger partial charge >= 0.3 is 5.97 Å². The molecule has 5 heteroatoms. The summed E-state index contributed by atoms with van der Waals surface area (Å²) in [6, 6.07) is 17.1. The van der Waals surface area contributed by atoms with Crippen LogP contribution in [0.3, 0.4) is 0 Å². The smallest absolute Gasteiger partial charge is 0.339 e. The van der Waals surface area contributed by atoms with E-state index < -0.39 is 5.97 Å². The van der Waals surface area contributed by atoms with Crippen LogP contribution in [0.1, 0.15) is 44.2 Å². The van der Waals surface area contributed by atoms with Crippen molar-refractivity contribution >= 4 is 23.5 Å². The number of hydrogen-bond acceptors (Lipinski definition) is 4. The van der Waals surface area contributed by atoms with Crippen molar-refractivity contribution in [2.75, 3.05) is 13.7 Å². The lowest BCUT2D eigenvalue weighted by atomic mass is 9.97. The molecule has 0 aromatic heterocycles. The second kappa shape index (κ2) is 10.1. The van der Waals surface area contributed by atoms with Crippen molar-refractivity contribution in [2.24, 2.45) is 0 Å². The lowest BCUT2D eigenvalue weighted by Crippen LogP contribution is -2.49. The Morgan fingerprint density at radius 1 is 1.00 bits per heavy atom. The Balaban J connectivity index is 1.81. The summed E-state index contributed by atoms with van der Waals surface area (Å²) in [6.45, 7) is 3.84. The van der Waals surface area contributed by atoms with E-state index in [-0.39, 0.29) is 24.6 Å². The van der Waals surface area contributed by atoms with Gasteiger partial charge in [0.2, 0.25) is 0 Å². The zero-order chi connectivity index (χ0) is 21.5. The van der Waals surface area contributed by atoms with Crippen molar-refractivity contribution in [1.29, 1.82) is 0 Å². The number of methoxy groups -OCH3 is 1. The van der Waals surface area contributed by atoms with Crippen molar-refractivity contribution in [2.45, 2.75) is 45.2 Å². The Hall–Kier alpha value is -3.08. The molecule has 1 aliphatic rings. The van der Waals surface area contributed by atoms with Crippen LogP contribution in [-0.2, 0) is 14.3 Å². The molecule has 0 radical (unpaired) electrons. The normalized spacial score (nSPS) is 19.3. The topological polar surface area (TPSA) is 55.8 Å². The number of amides is 1. The standard InChI is InChI=1S/C25H29NO4/c1-18-10-9-11-19(2)26(18)24(27)17-30-25(28)22(20-12-5-4-6-13-20)16-21-14-7-8-15-23(21)29-3/h4-8,12-16,18-19H,9-11,17H2,1-3H3. The number of carbonyl (C=O) groups is 2. The number of para-hydroxylation sites is 1. The van der Waals surface area contributed by atoms with Gasteiger partial charge in [-0.3, -0.25) is 4.79 Å². The van der Waals surface area contributed by atoms with Crippen molar-refractivity contribution in [3.63, 3.8) is 0 Å². The number of carbonyl (C=O) groups excluding carboxylic acids is 2. The van der Waals surface area contributed by atoms with Crippen LogP contribution in [0.4, 0.5) is 0 Å². The van der Waals surface area contributed by atoms with Crippen LogP contribution in [-0.4, -0.2) is 42.6 Å². The Bertz CT molecular complexity index is 896. The van der Waals surface area contributed by atoms with E-state index in [9.17, 15) is 9.59 Å². The molecule has 1 aliphatic heterocycles. The lowest BCUT2D eigenvalue weighted by Gasteiger charge is -2.38. The molecule has 1 fully saturated rings. The minimum Gasteiger partial charge on any atom is -0.496 e. The number of rotatable bonds is 6. The summed E-state index contributed by atoms with van der Waals surface area (Å²) >= 11 is 0. The molecule has 158 valence electrons. The minimum atomic E-state index is -0.530. The molecule has 2 aromatic carbocycles. The van der Waals surface area contributed by atoms with Crippen molar-refractivity contribution in [3.05, 3.63) is 65.7 Å². The molecule has 5 nitrogen and oxygen atoms in total. The summed E-state index contributed by atoms with van der Waals surface area (Å²) in [5.41, 5.74) is 1.87. The van der Waals surface area contributed by atoms with Crippen LogP contribution in [0.2, 0.25) is 0 Å². The van der Waals surface area contributed by atoms with Crippen molar-refractivity contribution in [1.82, 2.24) is 4.90 Å². The van der Waals surface area contributed by atoms with E-state index in [1.165, 1.54) is 0 Å². The van der Waals surface area contributed by atoms with Gasteiger partial charge in [-0.15, -0.1) is 0 Å². The maximum atomic E-state index is 13.0. The first-order valence-corrected chi connectivity index (χ1v) is 10.4. The van der Waals surface area contributed by atoms with Gasteiger partial charge < -0.3 is 14.4 Å². The van der Waals surface area contributed by atoms with E-state index >= 15 is 0 Å². The third-order valence-electron chi connectivity index (χ3n) is 5.55. The molecule has 2 atom stereocenters. The van der Waals surface area contributed by atoms with Crippen molar-refractivity contribution < 1.29 is 19.1 Å². The highest BCUT2D eigenvalue weighted by atomic mass is 16.5. The van der Waals surface area contributed by atoms with Gasteiger partial charge in [0, 0.05) is 17.6 Å². The van der Waals surface area contributed by atoms with Gasteiger partial charge in [-0.25, -0.2) is 4.79 Å². The van der Waals surface area contributed by atoms with Gasteiger partial charge in [0.05, 0.1) is 12.7 Å². The average molecular weight is 408 g/mol. The van der Waals surface area contributed by atoms with Gasteiger partial charge in [0.25, 0.3) is 5.91 Å². The van der Waals surface area contributed by atoms with E-state index in [1.54, 1.807) is 13.2 Å². The lowest BCUT2D eigenvalue weighted by molar-refractivity contribution is -0.151. The first-order chi connectivity index (χ1) is 14.5. The number of piperidine rings is 1. The van der Waals surface area contributed by atoms with E-state index in [0.717, 1.165) is 30.4 Å². The summed E-state index contributed by atoms with van der Waals surface area (Å²) in [7, 11) is 1.59. The zero-order valence-corrected chi connectivity index (χ0v) is 17.8. The van der Waals surface area contributed by atoms with Gasteiger partial charge in [0.15, 0.2) is 6.61 Å². The SMILES string of the molecule is COc1ccccc1C=C(C(=O)OCC(=O)N1C(C)CCCC1C)c1ccccc1. The fourth-order valence-corrected chi connectivity index (χ4v) is 4.01. The fourth-order valence-electron chi connectivity index (χ4n) is 4.01. The maximum Gasteiger partial charge on any atom is 0.339 e. The van der Waals surface area contributed by atoms with Crippen LogP contribution < -0.4 is 4.74 Å². The highest BCUT2D eigenvalue weighted by Crippen LogP contribution is 2.26. The largest absolute Gasteiger partial charge is 0.496 e. The second-order valence-electron chi connectivity index (χ2n) is 7.67. The number of benzene rings is 2. The molecule has 0 aliphatic carbocycles. The van der Waals surface area contributed by atoms with Crippen LogP contribution in [0.15, 0.2) is 54.6 Å². The Morgan fingerprint density at radius 2 is 1.63 bits per heavy atom. The Labute approximate surface area is 178 Å². The Kier molecular flexibility index (Phi) is 7.28. The van der Waals surface area contributed by atoms with Crippen LogP contribution >= 0.6 is 0 Å². The third-order valence-corrected chi connectivity index (χ3v) is 5.55. The van der Waals surface area contributed by atoms with E-state index in [2.05, 4.69) is 0 Å². The van der Waals surface area contributed by atoms with E-state index in [4.69, 9.17) is 9.47 Å². The van der Waals surface area contributed by atoms with E-state index in [1.807, 2.05) is 73.3 Å². The number of ether oxygens (including phenoxy) is 2. The third kappa shape index (κ3) is 5.09. The summed E-state index contributed by atoms with van der Waals surface area (Å²) < 4.78 is 10.9. The predicted molar refractivity (Wildman–Crippen MR) is 118 cm³/mol. The second-order valence-corrected chi connectivity index (χ2v) is 7.67. The molecule has 0 N–H and O–H groups in total. The van der Waals surface area contributed by atoms with Gasteiger partial charge in [0.1, 0.15) is 5.75 Å². The monoisotopic (exact) mass is 407 g/mol. The van der Waals surface area contributed by atoms with Crippen LogP contribution in [0.5, 0.6) is 5.75 Å². The molecule has 1 heterocycles. The maximum absolute atomic E-state index is 13.0. The van der Waals surface area contributed by atoms with E-state index in [0.29, 0.717) is 11.3 Å². The minimum absolute atomic E-state index is 0.146.